The maximum Gasteiger partial charge on any atom is 0.341 e. The molecule has 0 radical (unpaired) electrons. The van der Waals surface area contributed by atoms with Crippen LogP contribution in [0.3, 0.4) is 0 Å². The number of carboxylic acids is 1. The van der Waals surface area contributed by atoms with Crippen LogP contribution in [0.5, 0.6) is 5.75 Å². The van der Waals surface area contributed by atoms with Crippen LogP contribution in [0.4, 0.5) is 0 Å². The lowest BCUT2D eigenvalue weighted by Crippen LogP contribution is -2.20. The van der Waals surface area contributed by atoms with Crippen molar-refractivity contribution in [1.29, 1.82) is 0 Å². The summed E-state index contributed by atoms with van der Waals surface area (Å²) in [6, 6.07) is 21.2. The number of halogens is 1. The van der Waals surface area contributed by atoms with E-state index in [1.807, 2.05) is 36.4 Å². The summed E-state index contributed by atoms with van der Waals surface area (Å²) in [6.45, 7) is -0.494. The molecule has 1 N–H and O–H groups in total. The van der Waals surface area contributed by atoms with Gasteiger partial charge in [0.2, 0.25) is 0 Å². The van der Waals surface area contributed by atoms with Crippen LogP contribution in [0.1, 0.15) is 5.56 Å². The van der Waals surface area contributed by atoms with E-state index in [-0.39, 0.29) is 16.3 Å². The normalized spacial score (nSPS) is 11.1. The molecule has 0 bridgehead atoms. The molecule has 0 fully saturated rings. The number of nitrogens with zero attached hydrogens (tertiary/aromatic N) is 3. The van der Waals surface area contributed by atoms with Crippen molar-refractivity contribution in [3.63, 3.8) is 0 Å². The van der Waals surface area contributed by atoms with Crippen LogP contribution < -0.4 is 10.3 Å². The molecule has 4 aromatic rings. The lowest BCUT2D eigenvalue weighted by Gasteiger charge is -2.09. The van der Waals surface area contributed by atoms with Crippen molar-refractivity contribution in [2.24, 2.45) is 5.10 Å². The van der Waals surface area contributed by atoms with E-state index in [4.69, 9.17) is 21.4 Å². The van der Waals surface area contributed by atoms with E-state index < -0.39 is 12.6 Å². The molecule has 0 saturated carbocycles. The summed E-state index contributed by atoms with van der Waals surface area (Å²) in [6.07, 6.45) is 1.48. The average molecular weight is 434 g/mol. The zero-order chi connectivity index (χ0) is 21.8. The molecule has 0 amide bonds. The molecule has 154 valence electrons. The van der Waals surface area contributed by atoms with Crippen LogP contribution >= 0.6 is 11.6 Å². The quantitative estimate of drug-likeness (QED) is 0.463. The number of ether oxygens (including phenoxy) is 1. The molecular formula is C23H16ClN3O4. The first-order valence-electron chi connectivity index (χ1n) is 9.28. The first kappa shape index (κ1) is 20.3. The highest BCUT2D eigenvalue weighted by molar-refractivity contribution is 6.32. The summed E-state index contributed by atoms with van der Waals surface area (Å²) < 4.78 is 6.37. The van der Waals surface area contributed by atoms with Crippen molar-refractivity contribution in [2.45, 2.75) is 0 Å². The summed E-state index contributed by atoms with van der Waals surface area (Å²) in [7, 11) is 0. The third kappa shape index (κ3) is 4.46. The van der Waals surface area contributed by atoms with Gasteiger partial charge in [-0.1, -0.05) is 54.1 Å². The lowest BCUT2D eigenvalue weighted by molar-refractivity contribution is -0.139. The molecule has 0 aliphatic heterocycles. The minimum absolute atomic E-state index is 0.234. The Bertz CT molecular complexity index is 1350. The number of aromatic nitrogens is 2. The number of carbonyl (C=O) groups is 1. The highest BCUT2D eigenvalue weighted by Gasteiger charge is 2.12. The van der Waals surface area contributed by atoms with Crippen LogP contribution in [0, 0.1) is 0 Å². The van der Waals surface area contributed by atoms with E-state index in [9.17, 15) is 9.59 Å². The Morgan fingerprint density at radius 1 is 1.10 bits per heavy atom. The molecule has 0 atom stereocenters. The number of rotatable bonds is 6. The fraction of sp³-hybridized carbons (Fsp3) is 0.0435. The van der Waals surface area contributed by atoms with E-state index in [0.717, 1.165) is 5.56 Å². The van der Waals surface area contributed by atoms with Crippen molar-refractivity contribution in [3.8, 4) is 17.1 Å². The third-order valence-corrected chi connectivity index (χ3v) is 4.71. The molecule has 7 nitrogen and oxygen atoms in total. The molecule has 31 heavy (non-hydrogen) atoms. The van der Waals surface area contributed by atoms with Crippen molar-refractivity contribution >= 4 is 34.7 Å². The Hall–Kier alpha value is -3.97. The Balaban J connectivity index is 1.76. The third-order valence-electron chi connectivity index (χ3n) is 4.42. The molecule has 0 spiro atoms. The predicted molar refractivity (Wildman–Crippen MR) is 119 cm³/mol. The highest BCUT2D eigenvalue weighted by Crippen LogP contribution is 2.25. The summed E-state index contributed by atoms with van der Waals surface area (Å²) in [5.74, 6) is -0.442. The van der Waals surface area contributed by atoms with Gasteiger partial charge >= 0.3 is 5.97 Å². The second-order valence-corrected chi connectivity index (χ2v) is 6.96. The number of benzene rings is 3. The van der Waals surface area contributed by atoms with Crippen LogP contribution in [0.15, 0.2) is 82.7 Å². The van der Waals surface area contributed by atoms with Crippen LogP contribution in [-0.2, 0) is 4.79 Å². The van der Waals surface area contributed by atoms with Gasteiger partial charge in [0.25, 0.3) is 5.56 Å². The smallest absolute Gasteiger partial charge is 0.341 e. The fourth-order valence-electron chi connectivity index (χ4n) is 2.98. The second kappa shape index (κ2) is 8.81. The number of hydrogen-bond donors (Lipinski definition) is 1. The fourth-order valence-corrected chi connectivity index (χ4v) is 3.23. The number of aliphatic carboxylic acids is 1. The zero-order valence-corrected chi connectivity index (χ0v) is 16.9. The molecule has 1 heterocycles. The second-order valence-electron chi connectivity index (χ2n) is 6.55. The Morgan fingerprint density at radius 2 is 1.84 bits per heavy atom. The topological polar surface area (TPSA) is 93.8 Å². The minimum Gasteiger partial charge on any atom is -0.480 e. The van der Waals surface area contributed by atoms with Gasteiger partial charge in [0.15, 0.2) is 12.4 Å². The molecular weight excluding hydrogens is 418 g/mol. The van der Waals surface area contributed by atoms with Crippen LogP contribution in [0.25, 0.3) is 22.3 Å². The molecule has 8 heteroatoms. The molecule has 0 aliphatic rings. The summed E-state index contributed by atoms with van der Waals surface area (Å²) in [4.78, 5) is 28.4. The van der Waals surface area contributed by atoms with Gasteiger partial charge in [0, 0.05) is 5.56 Å². The summed E-state index contributed by atoms with van der Waals surface area (Å²) in [5.41, 5.74) is 1.64. The molecule has 0 aliphatic carbocycles. The van der Waals surface area contributed by atoms with Gasteiger partial charge in [-0.25, -0.2) is 9.78 Å². The van der Waals surface area contributed by atoms with Crippen molar-refractivity contribution < 1.29 is 14.6 Å². The molecule has 0 saturated heterocycles. The van der Waals surface area contributed by atoms with E-state index in [1.54, 1.807) is 36.4 Å². The van der Waals surface area contributed by atoms with E-state index in [2.05, 4.69) is 10.1 Å². The van der Waals surface area contributed by atoms with Gasteiger partial charge < -0.3 is 9.84 Å². The van der Waals surface area contributed by atoms with Crippen molar-refractivity contribution in [3.05, 3.63) is 93.7 Å². The predicted octanol–water partition coefficient (Wildman–Crippen LogP) is 4.06. The zero-order valence-electron chi connectivity index (χ0n) is 16.1. The van der Waals surface area contributed by atoms with Gasteiger partial charge in [-0.3, -0.25) is 4.79 Å². The Kier molecular flexibility index (Phi) is 5.77. The van der Waals surface area contributed by atoms with Gasteiger partial charge in [-0.15, -0.1) is 0 Å². The van der Waals surface area contributed by atoms with Crippen molar-refractivity contribution in [2.75, 3.05) is 6.61 Å². The average Bonchev–Trinajstić information content (AvgIpc) is 2.78. The van der Waals surface area contributed by atoms with E-state index >= 15 is 0 Å². The monoisotopic (exact) mass is 433 g/mol. The Labute approximate surface area is 181 Å². The molecule has 1 aromatic heterocycles. The van der Waals surface area contributed by atoms with E-state index in [1.165, 1.54) is 10.9 Å². The maximum absolute atomic E-state index is 13.1. The SMILES string of the molecule is O=C(O)COc1ccc(C=Nn2c(-c3ccccc3)nc3ccccc3c2=O)cc1Cl. The standard InChI is InChI=1S/C23H16ClN3O4/c24-18-12-15(10-11-20(18)31-14-21(28)29)13-25-27-22(16-6-2-1-3-7-16)26-19-9-5-4-8-17(19)23(27)30/h1-13H,14H2,(H,28,29). The molecule has 4 rings (SSSR count). The maximum atomic E-state index is 13.1. The van der Waals surface area contributed by atoms with Gasteiger partial charge in [0.05, 0.1) is 22.1 Å². The highest BCUT2D eigenvalue weighted by atomic mass is 35.5. The lowest BCUT2D eigenvalue weighted by atomic mass is 10.2. The van der Waals surface area contributed by atoms with Crippen LogP contribution in [0.2, 0.25) is 5.02 Å². The largest absolute Gasteiger partial charge is 0.480 e. The minimum atomic E-state index is -1.10. The summed E-state index contributed by atoms with van der Waals surface area (Å²) >= 11 is 6.17. The molecule has 3 aromatic carbocycles. The Morgan fingerprint density at radius 3 is 2.58 bits per heavy atom. The first-order chi connectivity index (χ1) is 15.0. The van der Waals surface area contributed by atoms with Gasteiger partial charge in [0.1, 0.15) is 5.75 Å². The number of para-hydroxylation sites is 1. The number of hydrogen-bond acceptors (Lipinski definition) is 5. The number of carboxylic acid groups (broad SMARTS) is 1. The summed E-state index contributed by atoms with van der Waals surface area (Å²) in [5, 5.41) is 13.8. The van der Waals surface area contributed by atoms with Crippen molar-refractivity contribution in [1.82, 2.24) is 9.66 Å². The van der Waals surface area contributed by atoms with E-state index in [0.29, 0.717) is 22.3 Å². The number of fused-ring (bicyclic) bond motifs is 1. The van der Waals surface area contributed by atoms with Crippen LogP contribution in [-0.4, -0.2) is 33.6 Å². The van der Waals surface area contributed by atoms with Gasteiger partial charge in [-0.2, -0.15) is 9.78 Å². The molecule has 0 unspecified atom stereocenters. The van der Waals surface area contributed by atoms with Gasteiger partial charge in [-0.05, 0) is 35.9 Å². The first-order valence-corrected chi connectivity index (χ1v) is 9.66.